The van der Waals surface area contributed by atoms with Crippen LogP contribution in [0.1, 0.15) is 43.1 Å². The molecule has 2 atom stereocenters. The maximum atomic E-state index is 11.1. The molecule has 0 spiro atoms. The SMILES string of the molecule is COC(=O)CCNC(=S)n1nc(C)c2c1C[C@@H]1[C@H]2C1(C)C. The largest absolute Gasteiger partial charge is 0.469 e. The predicted molar refractivity (Wildman–Crippen MR) is 83.3 cm³/mol. The third kappa shape index (κ3) is 2.16. The van der Waals surface area contributed by atoms with Crippen molar-refractivity contribution < 1.29 is 9.53 Å². The molecule has 0 amide bonds. The van der Waals surface area contributed by atoms with Crippen molar-refractivity contribution in [3.63, 3.8) is 0 Å². The van der Waals surface area contributed by atoms with E-state index in [1.54, 1.807) is 0 Å². The summed E-state index contributed by atoms with van der Waals surface area (Å²) in [5.74, 6) is 1.13. The highest BCUT2D eigenvalue weighted by Crippen LogP contribution is 2.70. The predicted octanol–water partition coefficient (Wildman–Crippen LogP) is 1.77. The van der Waals surface area contributed by atoms with Crippen molar-refractivity contribution in [3.8, 4) is 0 Å². The van der Waals surface area contributed by atoms with Gasteiger partial charge in [-0.1, -0.05) is 13.8 Å². The van der Waals surface area contributed by atoms with Crippen LogP contribution in [-0.2, 0) is 16.0 Å². The van der Waals surface area contributed by atoms with Gasteiger partial charge in [-0.15, -0.1) is 0 Å². The van der Waals surface area contributed by atoms with E-state index in [0.717, 1.165) is 18.0 Å². The summed E-state index contributed by atoms with van der Waals surface area (Å²) in [7, 11) is 1.39. The molecular formula is C15H21N3O2S. The van der Waals surface area contributed by atoms with Crippen molar-refractivity contribution in [3.05, 3.63) is 17.0 Å². The first-order chi connectivity index (χ1) is 9.87. The average Bonchev–Trinajstić information content (AvgIpc) is 2.81. The number of nitrogens with one attached hydrogen (secondary N) is 1. The number of nitrogens with zero attached hydrogens (tertiary/aromatic N) is 2. The summed E-state index contributed by atoms with van der Waals surface area (Å²) in [6.45, 7) is 7.19. The van der Waals surface area contributed by atoms with Crippen LogP contribution in [0.3, 0.4) is 0 Å². The third-order valence-corrected chi connectivity index (χ3v) is 5.32. The van der Waals surface area contributed by atoms with Gasteiger partial charge in [0.2, 0.25) is 0 Å². The lowest BCUT2D eigenvalue weighted by atomic mass is 9.98. The Hall–Kier alpha value is -1.43. The molecule has 5 nitrogen and oxygen atoms in total. The molecule has 21 heavy (non-hydrogen) atoms. The molecule has 1 aromatic rings. The second-order valence-electron chi connectivity index (χ2n) is 6.53. The van der Waals surface area contributed by atoms with E-state index in [9.17, 15) is 4.79 Å². The van der Waals surface area contributed by atoms with E-state index in [-0.39, 0.29) is 5.97 Å². The number of aryl methyl sites for hydroxylation is 1. The van der Waals surface area contributed by atoms with E-state index in [1.165, 1.54) is 18.4 Å². The monoisotopic (exact) mass is 307 g/mol. The van der Waals surface area contributed by atoms with E-state index in [4.69, 9.17) is 12.2 Å². The van der Waals surface area contributed by atoms with Crippen LogP contribution < -0.4 is 5.32 Å². The van der Waals surface area contributed by atoms with Gasteiger partial charge < -0.3 is 10.1 Å². The van der Waals surface area contributed by atoms with Crippen molar-refractivity contribution in [2.45, 2.75) is 39.5 Å². The first kappa shape index (κ1) is 14.5. The zero-order valence-electron chi connectivity index (χ0n) is 12.9. The lowest BCUT2D eigenvalue weighted by Crippen LogP contribution is -2.32. The Labute approximate surface area is 130 Å². The Bertz CT molecular complexity index is 621. The lowest BCUT2D eigenvalue weighted by molar-refractivity contribution is -0.140. The van der Waals surface area contributed by atoms with E-state index < -0.39 is 0 Å². The number of rotatable bonds is 3. The summed E-state index contributed by atoms with van der Waals surface area (Å²) < 4.78 is 6.46. The lowest BCUT2D eigenvalue weighted by Gasteiger charge is -2.12. The number of aromatic nitrogens is 2. The van der Waals surface area contributed by atoms with Crippen molar-refractivity contribution in [2.24, 2.45) is 11.3 Å². The van der Waals surface area contributed by atoms with Gasteiger partial charge in [0.15, 0.2) is 5.11 Å². The van der Waals surface area contributed by atoms with Gasteiger partial charge in [0.05, 0.1) is 24.9 Å². The molecule has 1 N–H and O–H groups in total. The highest BCUT2D eigenvalue weighted by Gasteiger charge is 2.63. The van der Waals surface area contributed by atoms with Gasteiger partial charge in [-0.3, -0.25) is 4.79 Å². The summed E-state index contributed by atoms with van der Waals surface area (Å²) in [4.78, 5) is 11.1. The van der Waals surface area contributed by atoms with Gasteiger partial charge in [0.1, 0.15) is 0 Å². The van der Waals surface area contributed by atoms with E-state index >= 15 is 0 Å². The number of ether oxygens (including phenoxy) is 1. The summed E-state index contributed by atoms with van der Waals surface area (Å²) in [5.41, 5.74) is 4.13. The number of esters is 1. The highest BCUT2D eigenvalue weighted by atomic mass is 32.1. The van der Waals surface area contributed by atoms with Crippen LogP contribution in [0.2, 0.25) is 0 Å². The van der Waals surface area contributed by atoms with Crippen LogP contribution in [0, 0.1) is 18.3 Å². The quantitative estimate of drug-likeness (QED) is 0.681. The molecule has 1 aromatic heterocycles. The van der Waals surface area contributed by atoms with Crippen LogP contribution >= 0.6 is 12.2 Å². The number of hydrogen-bond acceptors (Lipinski definition) is 4. The second kappa shape index (κ2) is 4.80. The molecule has 0 aromatic carbocycles. The van der Waals surface area contributed by atoms with E-state index in [0.29, 0.717) is 29.4 Å². The standard InChI is InChI=1S/C15H21N3O2S/c1-8-12-10(7-9-13(12)15(9,2)3)18(17-8)14(21)16-6-5-11(19)20-4/h9,13H,5-7H2,1-4H3,(H,16,21)/t9-,13-/m1/s1. The highest BCUT2D eigenvalue weighted by molar-refractivity contribution is 7.80. The fourth-order valence-electron chi connectivity index (χ4n) is 3.71. The molecule has 2 aliphatic carbocycles. The van der Waals surface area contributed by atoms with Gasteiger partial charge in [0, 0.05) is 12.1 Å². The molecule has 1 saturated carbocycles. The van der Waals surface area contributed by atoms with Crippen LogP contribution in [0.15, 0.2) is 0 Å². The van der Waals surface area contributed by atoms with Crippen molar-refractivity contribution >= 4 is 23.3 Å². The average molecular weight is 307 g/mol. The molecule has 0 saturated heterocycles. The molecule has 0 aliphatic heterocycles. The number of hydrogen-bond donors (Lipinski definition) is 1. The van der Waals surface area contributed by atoms with Gasteiger partial charge >= 0.3 is 5.97 Å². The Balaban J connectivity index is 1.71. The van der Waals surface area contributed by atoms with E-state index in [2.05, 4.69) is 35.9 Å². The smallest absolute Gasteiger partial charge is 0.307 e. The minimum atomic E-state index is -0.241. The molecule has 2 aliphatic rings. The second-order valence-corrected chi connectivity index (χ2v) is 6.91. The molecule has 3 rings (SSSR count). The number of methoxy groups -OCH3 is 1. The van der Waals surface area contributed by atoms with Crippen molar-refractivity contribution in [2.75, 3.05) is 13.7 Å². The zero-order chi connectivity index (χ0) is 15.4. The number of thiocarbonyl (C=S) groups is 1. The first-order valence-electron chi connectivity index (χ1n) is 7.31. The van der Waals surface area contributed by atoms with Crippen LogP contribution in [0.25, 0.3) is 0 Å². The number of fused-ring (bicyclic) bond motifs is 3. The van der Waals surface area contributed by atoms with Crippen LogP contribution in [0.5, 0.6) is 0 Å². The topological polar surface area (TPSA) is 56.1 Å². The summed E-state index contributed by atoms with van der Waals surface area (Å²) >= 11 is 5.41. The van der Waals surface area contributed by atoms with Gasteiger partial charge in [-0.05, 0) is 42.8 Å². The number of carbonyl (C=O) groups excluding carboxylic acids is 1. The molecule has 0 radical (unpaired) electrons. The molecular weight excluding hydrogens is 286 g/mol. The molecule has 114 valence electrons. The van der Waals surface area contributed by atoms with Gasteiger partial charge in [-0.25, -0.2) is 4.68 Å². The number of carbonyl (C=O) groups is 1. The minimum absolute atomic E-state index is 0.241. The third-order valence-electron chi connectivity index (χ3n) is 5.01. The van der Waals surface area contributed by atoms with Crippen molar-refractivity contribution in [1.29, 1.82) is 0 Å². The summed E-state index contributed by atoms with van der Waals surface area (Å²) in [6.07, 6.45) is 1.35. The Kier molecular flexibility index (Phi) is 3.31. The fraction of sp³-hybridized carbons (Fsp3) is 0.667. The van der Waals surface area contributed by atoms with Crippen LogP contribution in [-0.4, -0.2) is 34.5 Å². The maximum Gasteiger partial charge on any atom is 0.307 e. The van der Waals surface area contributed by atoms with Gasteiger partial charge in [-0.2, -0.15) is 5.10 Å². The summed E-state index contributed by atoms with van der Waals surface area (Å²) in [6, 6.07) is 0. The Morgan fingerprint density at radius 1 is 1.57 bits per heavy atom. The molecule has 1 fully saturated rings. The summed E-state index contributed by atoms with van der Waals surface area (Å²) in [5, 5.41) is 8.25. The van der Waals surface area contributed by atoms with Crippen molar-refractivity contribution in [1.82, 2.24) is 15.1 Å². The normalized spacial score (nSPS) is 24.2. The molecule has 0 unspecified atom stereocenters. The molecule has 1 heterocycles. The van der Waals surface area contributed by atoms with Gasteiger partial charge in [0.25, 0.3) is 0 Å². The van der Waals surface area contributed by atoms with Crippen LogP contribution in [0.4, 0.5) is 0 Å². The molecule has 0 bridgehead atoms. The fourth-order valence-corrected chi connectivity index (χ4v) is 3.96. The Morgan fingerprint density at radius 3 is 2.95 bits per heavy atom. The zero-order valence-corrected chi connectivity index (χ0v) is 13.7. The molecule has 6 heteroatoms. The minimum Gasteiger partial charge on any atom is -0.469 e. The van der Waals surface area contributed by atoms with E-state index in [1.807, 2.05) is 4.68 Å². The Morgan fingerprint density at radius 2 is 2.29 bits per heavy atom. The maximum absolute atomic E-state index is 11.1. The first-order valence-corrected chi connectivity index (χ1v) is 7.72.